The second-order valence-electron chi connectivity index (χ2n) is 5.43. The SMILES string of the molecule is COc1cc(OC)cc(C(=O)N=c2sc3cc(C)ccc3n2C)c1. The lowest BCUT2D eigenvalue weighted by atomic mass is 10.2. The third kappa shape index (κ3) is 3.05. The standard InChI is InChI=1S/C18H18N2O3S/c1-11-5-6-15-16(7-11)24-18(20(15)2)19-17(21)12-8-13(22-3)10-14(9-12)23-4/h5-10H,1-4H3. The molecule has 0 saturated carbocycles. The molecule has 0 aliphatic rings. The predicted molar refractivity (Wildman–Crippen MR) is 95.0 cm³/mol. The third-order valence-electron chi connectivity index (χ3n) is 3.76. The first-order valence-corrected chi connectivity index (χ1v) is 8.22. The number of thiazole rings is 1. The highest BCUT2D eigenvalue weighted by Crippen LogP contribution is 2.23. The van der Waals surface area contributed by atoms with Gasteiger partial charge in [-0.1, -0.05) is 17.4 Å². The average molecular weight is 342 g/mol. The minimum Gasteiger partial charge on any atom is -0.497 e. The summed E-state index contributed by atoms with van der Waals surface area (Å²) in [7, 11) is 5.01. The second kappa shape index (κ2) is 6.49. The normalized spacial score (nSPS) is 11.8. The molecule has 2 aromatic carbocycles. The highest BCUT2D eigenvalue weighted by Gasteiger charge is 2.10. The molecule has 3 aromatic rings. The van der Waals surface area contributed by atoms with E-state index >= 15 is 0 Å². The second-order valence-corrected chi connectivity index (χ2v) is 6.44. The van der Waals surface area contributed by atoms with E-state index in [0.717, 1.165) is 10.2 Å². The number of hydrogen-bond donors (Lipinski definition) is 0. The van der Waals surface area contributed by atoms with Crippen LogP contribution in [0.3, 0.4) is 0 Å². The van der Waals surface area contributed by atoms with Crippen LogP contribution < -0.4 is 14.3 Å². The van der Waals surface area contributed by atoms with E-state index in [0.29, 0.717) is 21.9 Å². The largest absolute Gasteiger partial charge is 0.497 e. The molecule has 0 bridgehead atoms. The summed E-state index contributed by atoms with van der Waals surface area (Å²) < 4.78 is 13.4. The Labute approximate surface area is 143 Å². The number of aromatic nitrogens is 1. The van der Waals surface area contributed by atoms with Crippen LogP contribution in [-0.4, -0.2) is 24.7 Å². The van der Waals surface area contributed by atoms with Crippen LogP contribution in [0, 0.1) is 6.92 Å². The molecular weight excluding hydrogens is 324 g/mol. The van der Waals surface area contributed by atoms with Gasteiger partial charge >= 0.3 is 0 Å². The van der Waals surface area contributed by atoms with E-state index in [1.165, 1.54) is 16.9 Å². The van der Waals surface area contributed by atoms with E-state index in [2.05, 4.69) is 11.1 Å². The zero-order valence-electron chi connectivity index (χ0n) is 14.0. The lowest BCUT2D eigenvalue weighted by molar-refractivity contribution is 0.0997. The van der Waals surface area contributed by atoms with Crippen molar-refractivity contribution in [1.29, 1.82) is 0 Å². The maximum Gasteiger partial charge on any atom is 0.279 e. The smallest absolute Gasteiger partial charge is 0.279 e. The van der Waals surface area contributed by atoms with Gasteiger partial charge in [0.15, 0.2) is 4.80 Å². The number of benzene rings is 2. The summed E-state index contributed by atoms with van der Waals surface area (Å²) in [6.07, 6.45) is 0. The number of aryl methyl sites for hydroxylation is 2. The first-order chi connectivity index (χ1) is 11.5. The fourth-order valence-corrected chi connectivity index (χ4v) is 3.55. The van der Waals surface area contributed by atoms with Gasteiger partial charge in [0.1, 0.15) is 11.5 Å². The predicted octanol–water partition coefficient (Wildman–Crippen LogP) is 3.31. The Hall–Kier alpha value is -2.60. The summed E-state index contributed by atoms with van der Waals surface area (Å²) in [5.41, 5.74) is 2.67. The van der Waals surface area contributed by atoms with Gasteiger partial charge in [-0.25, -0.2) is 0 Å². The Morgan fingerprint density at radius 3 is 2.38 bits per heavy atom. The van der Waals surface area contributed by atoms with E-state index in [4.69, 9.17) is 9.47 Å². The molecule has 0 aliphatic heterocycles. The van der Waals surface area contributed by atoms with Crippen LogP contribution in [0.15, 0.2) is 41.4 Å². The number of nitrogens with zero attached hydrogens (tertiary/aromatic N) is 2. The molecule has 1 aromatic heterocycles. The molecule has 6 heteroatoms. The summed E-state index contributed by atoms with van der Waals surface area (Å²) in [6.45, 7) is 2.05. The molecule has 0 unspecified atom stereocenters. The molecule has 0 N–H and O–H groups in total. The average Bonchev–Trinajstić information content (AvgIpc) is 2.89. The number of fused-ring (bicyclic) bond motifs is 1. The van der Waals surface area contributed by atoms with Gasteiger partial charge in [0, 0.05) is 18.7 Å². The molecule has 0 spiro atoms. The minimum atomic E-state index is -0.328. The molecular formula is C18H18N2O3S. The van der Waals surface area contributed by atoms with Gasteiger partial charge in [0.25, 0.3) is 5.91 Å². The number of carbonyl (C=O) groups is 1. The first-order valence-electron chi connectivity index (χ1n) is 7.40. The third-order valence-corrected chi connectivity index (χ3v) is 4.86. The van der Waals surface area contributed by atoms with Crippen molar-refractivity contribution in [3.05, 3.63) is 52.3 Å². The van der Waals surface area contributed by atoms with E-state index in [1.54, 1.807) is 32.4 Å². The molecule has 0 fully saturated rings. The molecule has 0 aliphatic carbocycles. The minimum absolute atomic E-state index is 0.328. The number of methoxy groups -OCH3 is 2. The van der Waals surface area contributed by atoms with Gasteiger partial charge in [-0.05, 0) is 36.8 Å². The van der Waals surface area contributed by atoms with Crippen LogP contribution in [0.2, 0.25) is 0 Å². The van der Waals surface area contributed by atoms with Crippen molar-refractivity contribution in [3.63, 3.8) is 0 Å². The van der Waals surface area contributed by atoms with Crippen molar-refractivity contribution in [2.75, 3.05) is 14.2 Å². The number of carbonyl (C=O) groups excluding carboxylic acids is 1. The molecule has 1 amide bonds. The fraction of sp³-hybridized carbons (Fsp3) is 0.222. The van der Waals surface area contributed by atoms with Crippen molar-refractivity contribution < 1.29 is 14.3 Å². The van der Waals surface area contributed by atoms with E-state index in [9.17, 15) is 4.79 Å². The monoisotopic (exact) mass is 342 g/mol. The van der Waals surface area contributed by atoms with Crippen molar-refractivity contribution in [2.45, 2.75) is 6.92 Å². The molecule has 0 atom stereocenters. The summed E-state index contributed by atoms with van der Waals surface area (Å²) in [5, 5.41) is 0. The number of rotatable bonds is 3. The van der Waals surface area contributed by atoms with E-state index < -0.39 is 0 Å². The van der Waals surface area contributed by atoms with Gasteiger partial charge in [-0.15, -0.1) is 0 Å². The molecule has 1 heterocycles. The van der Waals surface area contributed by atoms with Crippen molar-refractivity contribution in [3.8, 4) is 11.5 Å². The Kier molecular flexibility index (Phi) is 4.40. The lowest BCUT2D eigenvalue weighted by Crippen LogP contribution is -2.13. The van der Waals surface area contributed by atoms with Crippen LogP contribution in [0.4, 0.5) is 0 Å². The van der Waals surface area contributed by atoms with Crippen molar-refractivity contribution in [1.82, 2.24) is 4.57 Å². The zero-order chi connectivity index (χ0) is 17.3. The van der Waals surface area contributed by atoms with Crippen molar-refractivity contribution >= 4 is 27.5 Å². The zero-order valence-corrected chi connectivity index (χ0v) is 14.8. The molecule has 5 nitrogen and oxygen atoms in total. The fourth-order valence-electron chi connectivity index (χ4n) is 2.43. The Balaban J connectivity index is 2.08. The van der Waals surface area contributed by atoms with Crippen LogP contribution in [0.5, 0.6) is 11.5 Å². The quantitative estimate of drug-likeness (QED) is 0.734. The Morgan fingerprint density at radius 2 is 1.75 bits per heavy atom. The van der Waals surface area contributed by atoms with Crippen molar-refractivity contribution in [2.24, 2.45) is 12.0 Å². The van der Waals surface area contributed by atoms with Crippen LogP contribution in [0.25, 0.3) is 10.2 Å². The topological polar surface area (TPSA) is 52.8 Å². The summed E-state index contributed by atoms with van der Waals surface area (Å²) in [4.78, 5) is 17.5. The lowest BCUT2D eigenvalue weighted by Gasteiger charge is -2.05. The van der Waals surface area contributed by atoms with E-state index in [1.807, 2.05) is 30.7 Å². The van der Waals surface area contributed by atoms with Crippen LogP contribution >= 0.6 is 11.3 Å². The highest BCUT2D eigenvalue weighted by atomic mass is 32.1. The molecule has 24 heavy (non-hydrogen) atoms. The number of amides is 1. The van der Waals surface area contributed by atoms with Crippen LogP contribution in [0.1, 0.15) is 15.9 Å². The van der Waals surface area contributed by atoms with Gasteiger partial charge < -0.3 is 14.0 Å². The van der Waals surface area contributed by atoms with Gasteiger partial charge in [-0.3, -0.25) is 4.79 Å². The molecule has 3 rings (SSSR count). The molecule has 0 radical (unpaired) electrons. The molecule has 124 valence electrons. The Morgan fingerprint density at radius 1 is 1.08 bits per heavy atom. The van der Waals surface area contributed by atoms with Crippen LogP contribution in [-0.2, 0) is 7.05 Å². The summed E-state index contributed by atoms with van der Waals surface area (Å²) >= 11 is 1.49. The maximum atomic E-state index is 12.6. The first kappa shape index (κ1) is 16.3. The summed E-state index contributed by atoms with van der Waals surface area (Å²) in [6, 6.07) is 11.2. The van der Waals surface area contributed by atoms with Gasteiger partial charge in [-0.2, -0.15) is 4.99 Å². The van der Waals surface area contributed by atoms with E-state index in [-0.39, 0.29) is 5.91 Å². The van der Waals surface area contributed by atoms with Gasteiger partial charge in [0.2, 0.25) is 0 Å². The summed E-state index contributed by atoms with van der Waals surface area (Å²) in [5.74, 6) is 0.791. The molecule has 0 saturated heterocycles. The maximum absolute atomic E-state index is 12.6. The highest BCUT2D eigenvalue weighted by molar-refractivity contribution is 7.16. The number of ether oxygens (including phenoxy) is 2. The number of hydrogen-bond acceptors (Lipinski definition) is 4. The van der Waals surface area contributed by atoms with Gasteiger partial charge in [0.05, 0.1) is 24.4 Å². The Bertz CT molecular complexity index is 963.